The van der Waals surface area contributed by atoms with Gasteiger partial charge in [-0.2, -0.15) is 0 Å². The van der Waals surface area contributed by atoms with Crippen molar-refractivity contribution in [2.75, 3.05) is 6.61 Å². The monoisotopic (exact) mass is 199 g/mol. The van der Waals surface area contributed by atoms with Crippen LogP contribution in [-0.4, -0.2) is 22.9 Å². The summed E-state index contributed by atoms with van der Waals surface area (Å²) in [5.74, 6) is -0.319. The molecule has 0 radical (unpaired) electrons. The number of phenolic OH excluding ortho intramolecular Hbond substituents is 1. The third-order valence-corrected chi connectivity index (χ3v) is 1.96. The van der Waals surface area contributed by atoms with Gasteiger partial charge in [-0.25, -0.2) is 4.39 Å². The Morgan fingerprint density at radius 3 is 2.86 bits per heavy atom. The van der Waals surface area contributed by atoms with Crippen LogP contribution in [0.2, 0.25) is 0 Å². The van der Waals surface area contributed by atoms with Crippen molar-refractivity contribution in [2.45, 2.75) is 19.5 Å². The summed E-state index contributed by atoms with van der Waals surface area (Å²) in [6.45, 7) is 2.15. The van der Waals surface area contributed by atoms with Gasteiger partial charge in [-0.15, -0.1) is 0 Å². The molecule has 1 rings (SSSR count). The molecular formula is C10H14FNO2. The topological polar surface area (TPSA) is 52.5 Å². The molecule has 3 N–H and O–H groups in total. The molecule has 0 heterocycles. The van der Waals surface area contributed by atoms with Crippen LogP contribution in [0.15, 0.2) is 18.2 Å². The van der Waals surface area contributed by atoms with Crippen LogP contribution in [0.4, 0.5) is 4.39 Å². The van der Waals surface area contributed by atoms with E-state index in [0.29, 0.717) is 12.1 Å². The molecule has 3 nitrogen and oxygen atoms in total. The molecule has 0 saturated carbocycles. The fraction of sp³-hybridized carbons (Fsp3) is 0.400. The Balaban J connectivity index is 2.62. The number of hydrogen-bond donors (Lipinski definition) is 3. The highest BCUT2D eigenvalue weighted by Crippen LogP contribution is 2.17. The van der Waals surface area contributed by atoms with Gasteiger partial charge >= 0.3 is 0 Å². The van der Waals surface area contributed by atoms with Gasteiger partial charge in [0.1, 0.15) is 11.6 Å². The van der Waals surface area contributed by atoms with Crippen molar-refractivity contribution in [3.63, 3.8) is 0 Å². The molecule has 0 aliphatic carbocycles. The lowest BCUT2D eigenvalue weighted by atomic mass is 10.2. The molecule has 1 aromatic carbocycles. The van der Waals surface area contributed by atoms with Gasteiger partial charge in [-0.3, -0.25) is 0 Å². The number of nitrogens with one attached hydrogen (secondary N) is 1. The van der Waals surface area contributed by atoms with Crippen LogP contribution in [0.25, 0.3) is 0 Å². The number of benzene rings is 1. The van der Waals surface area contributed by atoms with Crippen LogP contribution in [0.3, 0.4) is 0 Å². The summed E-state index contributed by atoms with van der Waals surface area (Å²) < 4.78 is 12.8. The van der Waals surface area contributed by atoms with Crippen molar-refractivity contribution in [1.82, 2.24) is 5.32 Å². The number of aliphatic hydroxyl groups is 1. The summed E-state index contributed by atoms with van der Waals surface area (Å²) in [6.07, 6.45) is 0. The van der Waals surface area contributed by atoms with Crippen molar-refractivity contribution in [2.24, 2.45) is 0 Å². The van der Waals surface area contributed by atoms with Crippen LogP contribution in [-0.2, 0) is 6.54 Å². The number of rotatable bonds is 4. The molecule has 4 heteroatoms. The first-order chi connectivity index (χ1) is 6.63. The molecule has 78 valence electrons. The summed E-state index contributed by atoms with van der Waals surface area (Å²) in [4.78, 5) is 0. The van der Waals surface area contributed by atoms with Crippen LogP contribution in [0.5, 0.6) is 5.75 Å². The minimum atomic E-state index is -0.378. The zero-order valence-electron chi connectivity index (χ0n) is 8.00. The molecule has 1 atom stereocenters. The van der Waals surface area contributed by atoms with Gasteiger partial charge in [-0.1, -0.05) is 0 Å². The maximum Gasteiger partial charge on any atom is 0.123 e. The van der Waals surface area contributed by atoms with Gasteiger partial charge in [-0.05, 0) is 25.1 Å². The molecule has 0 aromatic heterocycles. The van der Waals surface area contributed by atoms with Crippen LogP contribution in [0, 0.1) is 5.82 Å². The number of aliphatic hydroxyl groups excluding tert-OH is 1. The van der Waals surface area contributed by atoms with E-state index in [1.807, 2.05) is 0 Å². The van der Waals surface area contributed by atoms with Crippen LogP contribution < -0.4 is 5.32 Å². The third kappa shape index (κ3) is 2.97. The largest absolute Gasteiger partial charge is 0.508 e. The summed E-state index contributed by atoms with van der Waals surface area (Å²) in [7, 11) is 0. The van der Waals surface area contributed by atoms with E-state index < -0.39 is 0 Å². The first-order valence-electron chi connectivity index (χ1n) is 4.45. The maximum atomic E-state index is 12.8. The molecule has 14 heavy (non-hydrogen) atoms. The van der Waals surface area contributed by atoms with Gasteiger partial charge in [0.15, 0.2) is 0 Å². The van der Waals surface area contributed by atoms with E-state index in [2.05, 4.69) is 5.32 Å². The summed E-state index contributed by atoms with van der Waals surface area (Å²) in [5, 5.41) is 21.0. The standard InChI is InChI=1S/C10H14FNO2/c1-7(6-13)12-5-8-4-9(11)2-3-10(8)14/h2-4,7,12-14H,5-6H2,1H3/t7-/m0/s1. The van der Waals surface area contributed by atoms with Gasteiger partial charge < -0.3 is 15.5 Å². The molecule has 0 bridgehead atoms. The normalized spacial score (nSPS) is 12.8. The van der Waals surface area contributed by atoms with Crippen molar-refractivity contribution in [3.05, 3.63) is 29.6 Å². The van der Waals surface area contributed by atoms with Gasteiger partial charge in [0.05, 0.1) is 6.61 Å². The molecule has 0 aliphatic heterocycles. The Hall–Kier alpha value is -1.13. The molecule has 0 amide bonds. The Morgan fingerprint density at radius 1 is 1.50 bits per heavy atom. The lowest BCUT2D eigenvalue weighted by molar-refractivity contribution is 0.250. The average Bonchev–Trinajstić information content (AvgIpc) is 2.19. The highest BCUT2D eigenvalue weighted by Gasteiger charge is 2.04. The fourth-order valence-electron chi connectivity index (χ4n) is 1.04. The average molecular weight is 199 g/mol. The minimum absolute atomic E-state index is 0.01000. The quantitative estimate of drug-likeness (QED) is 0.678. The molecule has 0 fully saturated rings. The van der Waals surface area contributed by atoms with E-state index in [-0.39, 0.29) is 24.2 Å². The second-order valence-electron chi connectivity index (χ2n) is 3.24. The number of hydrogen-bond acceptors (Lipinski definition) is 3. The smallest absolute Gasteiger partial charge is 0.123 e. The number of phenols is 1. The summed E-state index contributed by atoms with van der Waals surface area (Å²) in [6, 6.07) is 3.72. The molecule has 0 aliphatic rings. The predicted molar refractivity (Wildman–Crippen MR) is 51.5 cm³/mol. The molecule has 0 unspecified atom stereocenters. The van der Waals surface area contributed by atoms with E-state index in [1.54, 1.807) is 6.92 Å². The third-order valence-electron chi connectivity index (χ3n) is 1.96. The van der Waals surface area contributed by atoms with Crippen LogP contribution >= 0.6 is 0 Å². The molecule has 0 spiro atoms. The SMILES string of the molecule is C[C@@H](CO)NCc1cc(F)ccc1O. The second-order valence-corrected chi connectivity index (χ2v) is 3.24. The highest BCUT2D eigenvalue weighted by molar-refractivity contribution is 5.32. The lowest BCUT2D eigenvalue weighted by Crippen LogP contribution is -2.28. The Kier molecular flexibility index (Phi) is 3.85. The van der Waals surface area contributed by atoms with Gasteiger partial charge in [0.2, 0.25) is 0 Å². The van der Waals surface area contributed by atoms with Crippen molar-refractivity contribution in [1.29, 1.82) is 0 Å². The van der Waals surface area contributed by atoms with E-state index >= 15 is 0 Å². The van der Waals surface area contributed by atoms with Crippen molar-refractivity contribution >= 4 is 0 Å². The van der Waals surface area contributed by atoms with E-state index in [1.165, 1.54) is 18.2 Å². The minimum Gasteiger partial charge on any atom is -0.508 e. The highest BCUT2D eigenvalue weighted by atomic mass is 19.1. The molecule has 0 saturated heterocycles. The summed E-state index contributed by atoms with van der Waals surface area (Å²) in [5.41, 5.74) is 0.491. The van der Waals surface area contributed by atoms with Gasteiger partial charge in [0, 0.05) is 18.2 Å². The van der Waals surface area contributed by atoms with Crippen molar-refractivity contribution < 1.29 is 14.6 Å². The van der Waals surface area contributed by atoms with Crippen LogP contribution in [0.1, 0.15) is 12.5 Å². The molecule has 1 aromatic rings. The number of halogens is 1. The Bertz CT molecular complexity index is 304. The zero-order chi connectivity index (χ0) is 10.6. The first kappa shape index (κ1) is 10.9. The first-order valence-corrected chi connectivity index (χ1v) is 4.45. The van der Waals surface area contributed by atoms with E-state index in [4.69, 9.17) is 5.11 Å². The van der Waals surface area contributed by atoms with Gasteiger partial charge in [0.25, 0.3) is 0 Å². The maximum absolute atomic E-state index is 12.8. The second kappa shape index (κ2) is 4.93. The Morgan fingerprint density at radius 2 is 2.21 bits per heavy atom. The molecular weight excluding hydrogens is 185 g/mol. The zero-order valence-corrected chi connectivity index (χ0v) is 8.00. The fourth-order valence-corrected chi connectivity index (χ4v) is 1.04. The predicted octanol–water partition coefficient (Wildman–Crippen LogP) is 1.00. The summed E-state index contributed by atoms with van der Waals surface area (Å²) >= 11 is 0. The lowest BCUT2D eigenvalue weighted by Gasteiger charge is -2.11. The number of aromatic hydroxyl groups is 1. The van der Waals surface area contributed by atoms with E-state index in [9.17, 15) is 9.50 Å². The van der Waals surface area contributed by atoms with Crippen molar-refractivity contribution in [3.8, 4) is 5.75 Å². The Labute approximate surface area is 82.2 Å². The van der Waals surface area contributed by atoms with E-state index in [0.717, 1.165) is 0 Å².